The van der Waals surface area contributed by atoms with E-state index in [9.17, 15) is 4.79 Å². The van der Waals surface area contributed by atoms with Gasteiger partial charge < -0.3 is 4.90 Å². The molecule has 0 aliphatic carbocycles. The number of carbonyl (C=O) groups excluding carboxylic acids is 1. The Bertz CT molecular complexity index is 584. The van der Waals surface area contributed by atoms with Crippen molar-refractivity contribution in [2.45, 2.75) is 13.5 Å². The van der Waals surface area contributed by atoms with Crippen LogP contribution in [-0.4, -0.2) is 22.8 Å². The Morgan fingerprint density at radius 3 is 2.63 bits per heavy atom. The third-order valence-electron chi connectivity index (χ3n) is 2.83. The maximum atomic E-state index is 12.3. The number of aromatic nitrogens is 1. The van der Waals surface area contributed by atoms with Gasteiger partial charge in [0.1, 0.15) is 0 Å². The second-order valence-electron chi connectivity index (χ2n) is 4.45. The van der Waals surface area contributed by atoms with Gasteiger partial charge in [0.25, 0.3) is 5.91 Å². The first-order chi connectivity index (χ1) is 9.08. The van der Waals surface area contributed by atoms with E-state index in [1.807, 2.05) is 37.3 Å². The summed E-state index contributed by atoms with van der Waals surface area (Å²) in [6.07, 6.45) is 1.53. The second-order valence-corrected chi connectivity index (χ2v) is 4.86. The summed E-state index contributed by atoms with van der Waals surface area (Å²) in [4.78, 5) is 18.0. The lowest BCUT2D eigenvalue weighted by atomic mass is 10.2. The van der Waals surface area contributed by atoms with E-state index >= 15 is 0 Å². The van der Waals surface area contributed by atoms with Gasteiger partial charge in [0.15, 0.2) is 0 Å². The predicted molar refractivity (Wildman–Crippen MR) is 76.2 cm³/mol. The molecule has 0 N–H and O–H groups in total. The molecule has 0 fully saturated rings. The van der Waals surface area contributed by atoms with Crippen LogP contribution >= 0.6 is 11.6 Å². The summed E-state index contributed by atoms with van der Waals surface area (Å²) in [7, 11) is 1.76. The minimum absolute atomic E-state index is 0.124. The number of pyridine rings is 1. The molecule has 4 heteroatoms. The minimum Gasteiger partial charge on any atom is -0.337 e. The van der Waals surface area contributed by atoms with Gasteiger partial charge in [-0.1, -0.05) is 41.9 Å². The molecule has 98 valence electrons. The van der Waals surface area contributed by atoms with Crippen LogP contribution in [0.2, 0.25) is 5.02 Å². The largest absolute Gasteiger partial charge is 0.337 e. The number of benzene rings is 1. The normalized spacial score (nSPS) is 10.3. The minimum atomic E-state index is -0.124. The maximum Gasteiger partial charge on any atom is 0.256 e. The summed E-state index contributed by atoms with van der Waals surface area (Å²) in [5, 5.41) is 0.442. The van der Waals surface area contributed by atoms with Crippen LogP contribution in [0.15, 0.2) is 42.6 Å². The van der Waals surface area contributed by atoms with Gasteiger partial charge in [-0.25, -0.2) is 0 Å². The van der Waals surface area contributed by atoms with E-state index in [-0.39, 0.29) is 5.91 Å². The van der Waals surface area contributed by atoms with Crippen LogP contribution in [0.3, 0.4) is 0 Å². The summed E-state index contributed by atoms with van der Waals surface area (Å²) >= 11 is 6.08. The Morgan fingerprint density at radius 2 is 2.00 bits per heavy atom. The molecule has 0 aliphatic heterocycles. The van der Waals surface area contributed by atoms with Gasteiger partial charge in [0.05, 0.1) is 10.6 Å². The highest BCUT2D eigenvalue weighted by molar-refractivity contribution is 6.33. The average Bonchev–Trinajstić information content (AvgIpc) is 2.39. The van der Waals surface area contributed by atoms with Crippen molar-refractivity contribution in [2.75, 3.05) is 7.05 Å². The first kappa shape index (κ1) is 13.6. The molecule has 0 unspecified atom stereocenters. The summed E-state index contributed by atoms with van der Waals surface area (Å²) in [5.41, 5.74) is 2.31. The monoisotopic (exact) mass is 274 g/mol. The maximum absolute atomic E-state index is 12.3. The van der Waals surface area contributed by atoms with Crippen molar-refractivity contribution in [3.05, 3.63) is 64.4 Å². The van der Waals surface area contributed by atoms with Crippen LogP contribution in [0.25, 0.3) is 0 Å². The van der Waals surface area contributed by atoms with Gasteiger partial charge in [0.2, 0.25) is 0 Å². The lowest BCUT2D eigenvalue weighted by Crippen LogP contribution is -2.26. The smallest absolute Gasteiger partial charge is 0.256 e. The number of hydrogen-bond acceptors (Lipinski definition) is 2. The summed E-state index contributed by atoms with van der Waals surface area (Å²) in [6.45, 7) is 2.39. The standard InChI is InChI=1S/C15H15ClN2O/c1-11-8-14(16)13(9-17-11)15(19)18(2)10-12-6-4-3-5-7-12/h3-9H,10H2,1-2H3. The zero-order valence-corrected chi connectivity index (χ0v) is 11.7. The van der Waals surface area contributed by atoms with E-state index in [0.29, 0.717) is 17.1 Å². The molecule has 2 rings (SSSR count). The topological polar surface area (TPSA) is 33.2 Å². The van der Waals surface area contributed by atoms with Gasteiger partial charge in [-0.3, -0.25) is 9.78 Å². The zero-order chi connectivity index (χ0) is 13.8. The molecule has 0 saturated carbocycles. The molecule has 2 aromatic rings. The molecule has 1 amide bonds. The van der Waals surface area contributed by atoms with Gasteiger partial charge in [0, 0.05) is 25.5 Å². The van der Waals surface area contributed by atoms with E-state index in [2.05, 4.69) is 4.98 Å². The fourth-order valence-electron chi connectivity index (χ4n) is 1.82. The Morgan fingerprint density at radius 1 is 1.32 bits per heavy atom. The second kappa shape index (κ2) is 5.85. The number of carbonyl (C=O) groups is 1. The highest BCUT2D eigenvalue weighted by Crippen LogP contribution is 2.18. The van der Waals surface area contributed by atoms with Crippen molar-refractivity contribution < 1.29 is 4.79 Å². The average molecular weight is 275 g/mol. The summed E-state index contributed by atoms with van der Waals surface area (Å²) < 4.78 is 0. The van der Waals surface area contributed by atoms with E-state index in [4.69, 9.17) is 11.6 Å². The molecule has 1 aromatic heterocycles. The quantitative estimate of drug-likeness (QED) is 0.860. The Hall–Kier alpha value is -1.87. The molecule has 1 heterocycles. The fraction of sp³-hybridized carbons (Fsp3) is 0.200. The van der Waals surface area contributed by atoms with Crippen molar-refractivity contribution in [1.82, 2.24) is 9.88 Å². The van der Waals surface area contributed by atoms with Gasteiger partial charge >= 0.3 is 0 Å². The third-order valence-corrected chi connectivity index (χ3v) is 3.14. The van der Waals surface area contributed by atoms with Crippen molar-refractivity contribution >= 4 is 17.5 Å². The number of nitrogens with zero attached hydrogens (tertiary/aromatic N) is 2. The van der Waals surface area contributed by atoms with Gasteiger partial charge in [-0.2, -0.15) is 0 Å². The number of amides is 1. The van der Waals surface area contributed by atoms with Crippen LogP contribution in [0, 0.1) is 6.92 Å². The van der Waals surface area contributed by atoms with E-state index < -0.39 is 0 Å². The molecule has 19 heavy (non-hydrogen) atoms. The third kappa shape index (κ3) is 3.32. The fourth-order valence-corrected chi connectivity index (χ4v) is 2.11. The molecule has 0 radical (unpaired) electrons. The molecule has 0 atom stereocenters. The van der Waals surface area contributed by atoms with Crippen LogP contribution < -0.4 is 0 Å². The molecule has 0 bridgehead atoms. The Kier molecular flexibility index (Phi) is 4.17. The molecule has 1 aromatic carbocycles. The van der Waals surface area contributed by atoms with Crippen LogP contribution in [0.4, 0.5) is 0 Å². The molecule has 0 aliphatic rings. The Labute approximate surface area is 117 Å². The highest BCUT2D eigenvalue weighted by Gasteiger charge is 2.15. The molecular weight excluding hydrogens is 260 g/mol. The number of aryl methyl sites for hydroxylation is 1. The lowest BCUT2D eigenvalue weighted by molar-refractivity contribution is 0.0785. The molecule has 0 saturated heterocycles. The van der Waals surface area contributed by atoms with Crippen LogP contribution in [-0.2, 0) is 6.54 Å². The van der Waals surface area contributed by atoms with Crippen molar-refractivity contribution in [2.24, 2.45) is 0 Å². The van der Waals surface area contributed by atoms with Gasteiger partial charge in [-0.15, -0.1) is 0 Å². The van der Waals surface area contributed by atoms with E-state index in [0.717, 1.165) is 11.3 Å². The van der Waals surface area contributed by atoms with Crippen molar-refractivity contribution in [1.29, 1.82) is 0 Å². The van der Waals surface area contributed by atoms with Crippen molar-refractivity contribution in [3.63, 3.8) is 0 Å². The van der Waals surface area contributed by atoms with E-state index in [1.165, 1.54) is 6.20 Å². The zero-order valence-electron chi connectivity index (χ0n) is 10.9. The van der Waals surface area contributed by atoms with Crippen LogP contribution in [0.5, 0.6) is 0 Å². The molecule has 0 spiro atoms. The highest BCUT2D eigenvalue weighted by atomic mass is 35.5. The lowest BCUT2D eigenvalue weighted by Gasteiger charge is -2.18. The molecular formula is C15H15ClN2O. The summed E-state index contributed by atoms with van der Waals surface area (Å²) in [6, 6.07) is 11.5. The predicted octanol–water partition coefficient (Wildman–Crippen LogP) is 3.32. The molecule has 3 nitrogen and oxygen atoms in total. The van der Waals surface area contributed by atoms with Gasteiger partial charge in [-0.05, 0) is 18.6 Å². The summed E-state index contributed by atoms with van der Waals surface area (Å²) in [5.74, 6) is -0.124. The number of hydrogen-bond donors (Lipinski definition) is 0. The first-order valence-corrected chi connectivity index (χ1v) is 6.37. The Balaban J connectivity index is 2.15. The SMILES string of the molecule is Cc1cc(Cl)c(C(=O)N(C)Cc2ccccc2)cn1. The number of halogens is 1. The van der Waals surface area contributed by atoms with E-state index in [1.54, 1.807) is 18.0 Å². The van der Waals surface area contributed by atoms with Crippen LogP contribution in [0.1, 0.15) is 21.6 Å². The number of rotatable bonds is 3. The first-order valence-electron chi connectivity index (χ1n) is 5.99. The van der Waals surface area contributed by atoms with Crippen molar-refractivity contribution in [3.8, 4) is 0 Å².